The summed E-state index contributed by atoms with van der Waals surface area (Å²) in [5.41, 5.74) is -1.22. The van der Waals surface area contributed by atoms with E-state index in [1.165, 1.54) is 50.8 Å². The van der Waals surface area contributed by atoms with E-state index >= 15 is 0 Å². The molecule has 2 aromatic heterocycles. The summed E-state index contributed by atoms with van der Waals surface area (Å²) in [7, 11) is -1.29. The van der Waals surface area contributed by atoms with Crippen molar-refractivity contribution < 1.29 is 13.5 Å². The molecule has 11 nitrogen and oxygen atoms in total. The van der Waals surface area contributed by atoms with Crippen LogP contribution < -0.4 is 16.0 Å². The van der Waals surface area contributed by atoms with Gasteiger partial charge in [0.15, 0.2) is 0 Å². The van der Waals surface area contributed by atoms with Crippen LogP contribution in [-0.4, -0.2) is 38.8 Å². The van der Waals surface area contributed by atoms with Crippen molar-refractivity contribution in [2.75, 3.05) is 4.72 Å². The summed E-state index contributed by atoms with van der Waals surface area (Å²) >= 11 is 0. The largest absolute Gasteiger partial charge is 0.494 e. The maximum absolute atomic E-state index is 12.3. The smallest absolute Gasteiger partial charge is 0.333 e. The molecule has 0 saturated carbocycles. The van der Waals surface area contributed by atoms with Gasteiger partial charge in [0, 0.05) is 32.7 Å². The van der Waals surface area contributed by atoms with Gasteiger partial charge in [-0.05, 0) is 30.3 Å². The minimum atomic E-state index is -3.88. The number of aromatic hydroxyl groups is 1. The molecule has 3 rings (SSSR count). The van der Waals surface area contributed by atoms with E-state index in [9.17, 15) is 23.1 Å². The summed E-state index contributed by atoms with van der Waals surface area (Å²) < 4.78 is 28.7. The van der Waals surface area contributed by atoms with Crippen molar-refractivity contribution in [1.82, 2.24) is 19.1 Å². The molecule has 0 aliphatic rings. The quantitative estimate of drug-likeness (QED) is 0.562. The Labute approximate surface area is 164 Å². The first kappa shape index (κ1) is 19.9. The van der Waals surface area contributed by atoms with Crippen LogP contribution in [0.2, 0.25) is 0 Å². The lowest BCUT2D eigenvalue weighted by Crippen LogP contribution is -2.38. The molecular weight excluding hydrogens is 400 g/mol. The highest BCUT2D eigenvalue weighted by Gasteiger charge is 2.16. The van der Waals surface area contributed by atoms with E-state index in [4.69, 9.17) is 0 Å². The number of sulfonamides is 1. The Morgan fingerprint density at radius 2 is 1.69 bits per heavy atom. The average Bonchev–Trinajstić information content (AvgIpc) is 2.71. The van der Waals surface area contributed by atoms with Crippen molar-refractivity contribution in [3.63, 3.8) is 0 Å². The van der Waals surface area contributed by atoms with E-state index in [1.54, 1.807) is 6.07 Å². The van der Waals surface area contributed by atoms with Gasteiger partial charge in [-0.1, -0.05) is 0 Å². The Bertz CT molecular complexity index is 1300. The van der Waals surface area contributed by atoms with Crippen molar-refractivity contribution in [3.8, 4) is 5.88 Å². The molecule has 0 radical (unpaired) electrons. The Balaban J connectivity index is 1.87. The number of anilines is 1. The zero-order valence-corrected chi connectivity index (χ0v) is 16.2. The number of aliphatic imine (C=N–C) groups is 1. The minimum Gasteiger partial charge on any atom is -0.494 e. The Hall–Kier alpha value is -3.80. The van der Waals surface area contributed by atoms with Gasteiger partial charge in [0.25, 0.3) is 15.6 Å². The van der Waals surface area contributed by atoms with Gasteiger partial charge in [0.1, 0.15) is 5.56 Å². The standard InChI is InChI=1S/C17H16N6O5S/c1-22-14(24)13(15(25)23(2)17(22)26)10-20-11-4-6-12(7-5-11)29(27,28)21-16-18-8-3-9-19-16/h3-10,24H,1-2H3,(H,18,19,21). The molecule has 0 spiro atoms. The molecule has 0 aliphatic carbocycles. The van der Waals surface area contributed by atoms with Crippen LogP contribution in [-0.2, 0) is 24.1 Å². The first-order valence-corrected chi connectivity index (χ1v) is 9.62. The minimum absolute atomic E-state index is 0.0372. The van der Waals surface area contributed by atoms with Gasteiger partial charge in [-0.25, -0.2) is 27.9 Å². The molecule has 2 N–H and O–H groups in total. The normalized spacial score (nSPS) is 11.7. The summed E-state index contributed by atoms with van der Waals surface area (Å²) in [4.78, 5) is 35.5. The summed E-state index contributed by atoms with van der Waals surface area (Å²) in [5.74, 6) is -0.580. The van der Waals surface area contributed by atoms with Gasteiger partial charge in [-0.15, -0.1) is 0 Å². The second-order valence-corrected chi connectivity index (χ2v) is 7.56. The molecule has 0 saturated heterocycles. The summed E-state index contributed by atoms with van der Waals surface area (Å²) in [6.07, 6.45) is 3.92. The van der Waals surface area contributed by atoms with Crippen LogP contribution in [0.4, 0.5) is 11.6 Å². The fraction of sp³-hybridized carbons (Fsp3) is 0.118. The zero-order valence-electron chi connectivity index (χ0n) is 15.3. The Morgan fingerprint density at radius 1 is 1.07 bits per heavy atom. The molecule has 12 heteroatoms. The van der Waals surface area contributed by atoms with Crippen molar-refractivity contribution in [2.24, 2.45) is 19.1 Å². The molecule has 0 bridgehead atoms. The first-order valence-electron chi connectivity index (χ1n) is 8.13. The van der Waals surface area contributed by atoms with Crippen LogP contribution in [0.1, 0.15) is 5.56 Å². The van der Waals surface area contributed by atoms with Gasteiger partial charge in [-0.2, -0.15) is 0 Å². The van der Waals surface area contributed by atoms with Gasteiger partial charge >= 0.3 is 5.69 Å². The third-order valence-electron chi connectivity index (χ3n) is 3.95. The molecule has 29 heavy (non-hydrogen) atoms. The van der Waals surface area contributed by atoms with Gasteiger partial charge in [0.05, 0.1) is 10.6 Å². The van der Waals surface area contributed by atoms with E-state index in [-0.39, 0.29) is 16.4 Å². The van der Waals surface area contributed by atoms with Gasteiger partial charge < -0.3 is 5.11 Å². The number of rotatable bonds is 5. The van der Waals surface area contributed by atoms with E-state index in [1.807, 2.05) is 0 Å². The molecule has 150 valence electrons. The molecule has 0 aliphatic heterocycles. The van der Waals surface area contributed by atoms with Crippen molar-refractivity contribution >= 4 is 27.9 Å². The molecule has 1 aromatic carbocycles. The fourth-order valence-corrected chi connectivity index (χ4v) is 3.31. The third-order valence-corrected chi connectivity index (χ3v) is 5.29. The van der Waals surface area contributed by atoms with E-state index in [2.05, 4.69) is 19.7 Å². The van der Waals surface area contributed by atoms with E-state index in [0.29, 0.717) is 5.69 Å². The predicted octanol–water partition coefficient (Wildman–Crippen LogP) is 0.131. The second-order valence-electron chi connectivity index (χ2n) is 5.87. The molecule has 3 aromatic rings. The van der Waals surface area contributed by atoms with E-state index < -0.39 is 27.2 Å². The lowest BCUT2D eigenvalue weighted by atomic mass is 10.3. The number of benzene rings is 1. The Morgan fingerprint density at radius 3 is 2.31 bits per heavy atom. The molecule has 0 atom stereocenters. The van der Waals surface area contributed by atoms with Crippen LogP contribution in [0.3, 0.4) is 0 Å². The van der Waals surface area contributed by atoms with Crippen LogP contribution in [0, 0.1) is 0 Å². The number of nitrogens with one attached hydrogen (secondary N) is 1. The van der Waals surface area contributed by atoms with Crippen molar-refractivity contribution in [3.05, 3.63) is 69.1 Å². The molecule has 2 heterocycles. The highest BCUT2D eigenvalue weighted by atomic mass is 32.2. The summed E-state index contributed by atoms with van der Waals surface area (Å²) in [6.45, 7) is 0. The van der Waals surface area contributed by atoms with Crippen molar-refractivity contribution in [1.29, 1.82) is 0 Å². The fourth-order valence-electron chi connectivity index (χ4n) is 2.35. The topological polar surface area (TPSA) is 149 Å². The maximum atomic E-state index is 12.3. The molecular formula is C17H16N6O5S. The third kappa shape index (κ3) is 4.06. The van der Waals surface area contributed by atoms with Crippen LogP contribution in [0.15, 0.2) is 62.2 Å². The van der Waals surface area contributed by atoms with Crippen LogP contribution >= 0.6 is 0 Å². The lowest BCUT2D eigenvalue weighted by Gasteiger charge is -2.07. The highest BCUT2D eigenvalue weighted by molar-refractivity contribution is 7.92. The summed E-state index contributed by atoms with van der Waals surface area (Å²) in [5, 5.41) is 10.0. The Kier molecular flexibility index (Phi) is 5.28. The van der Waals surface area contributed by atoms with Gasteiger partial charge in [-0.3, -0.25) is 18.9 Å². The monoisotopic (exact) mass is 416 g/mol. The highest BCUT2D eigenvalue weighted by Crippen LogP contribution is 2.18. The molecule has 0 unspecified atom stereocenters. The second kappa shape index (κ2) is 7.67. The van der Waals surface area contributed by atoms with Gasteiger partial charge in [0.2, 0.25) is 11.8 Å². The van der Waals surface area contributed by atoms with Crippen LogP contribution in [0.25, 0.3) is 0 Å². The lowest BCUT2D eigenvalue weighted by molar-refractivity contribution is 0.410. The SMILES string of the molecule is Cn1c(O)c(C=Nc2ccc(S(=O)(=O)Nc3ncccn3)cc2)c(=O)n(C)c1=O. The van der Waals surface area contributed by atoms with Crippen LogP contribution in [0.5, 0.6) is 5.88 Å². The summed E-state index contributed by atoms with van der Waals surface area (Å²) in [6, 6.07) is 7.02. The van der Waals surface area contributed by atoms with E-state index in [0.717, 1.165) is 15.3 Å². The molecule has 0 amide bonds. The number of hydrogen-bond donors (Lipinski definition) is 2. The van der Waals surface area contributed by atoms with Crippen molar-refractivity contribution in [2.45, 2.75) is 4.90 Å². The number of aromatic nitrogens is 4. The first-order chi connectivity index (χ1) is 13.7. The molecule has 0 fully saturated rings. The number of hydrogen-bond acceptors (Lipinski definition) is 8. The average molecular weight is 416 g/mol. The zero-order chi connectivity index (χ0) is 21.2. The maximum Gasteiger partial charge on any atom is 0.333 e. The number of nitrogens with zero attached hydrogens (tertiary/aromatic N) is 5. The predicted molar refractivity (Wildman–Crippen MR) is 105 cm³/mol.